The first-order valence-electron chi connectivity index (χ1n) is 17.7. The van der Waals surface area contributed by atoms with Gasteiger partial charge in [-0.25, -0.2) is 4.79 Å². The number of fused-ring (bicyclic) bond motifs is 2. The van der Waals surface area contributed by atoms with Gasteiger partial charge in [0, 0.05) is 23.9 Å². The number of nitrogens with zero attached hydrogens (tertiary/aromatic N) is 1. The zero-order valence-electron chi connectivity index (χ0n) is 28.5. The Hall–Kier alpha value is -4.92. The minimum absolute atomic E-state index is 0.0994. The van der Waals surface area contributed by atoms with E-state index >= 15 is 0 Å². The predicted molar refractivity (Wildman–Crippen MR) is 195 cm³/mol. The number of hydrogen-bond donors (Lipinski definition) is 0. The molecule has 0 saturated carbocycles. The Labute approximate surface area is 292 Å². The summed E-state index contributed by atoms with van der Waals surface area (Å²) in [6, 6.07) is 30.2. The molecule has 2 atom stereocenters. The molecule has 8 heteroatoms. The van der Waals surface area contributed by atoms with Crippen LogP contribution in [-0.4, -0.2) is 57.1 Å². The van der Waals surface area contributed by atoms with E-state index in [1.54, 1.807) is 23.1 Å². The Morgan fingerprint density at radius 1 is 0.640 bits per heavy atom. The molecule has 258 valence electrons. The number of anilines is 1. The van der Waals surface area contributed by atoms with E-state index in [9.17, 15) is 9.59 Å². The second-order valence-corrected chi connectivity index (χ2v) is 13.1. The molecular formula is C42H43NO7. The number of esters is 1. The van der Waals surface area contributed by atoms with Crippen molar-refractivity contribution >= 4 is 39.1 Å². The number of carbonyl (C=O) groups excluding carboxylic acids is 2. The molecule has 2 heterocycles. The van der Waals surface area contributed by atoms with Gasteiger partial charge in [0.2, 0.25) is 0 Å². The van der Waals surface area contributed by atoms with E-state index in [4.69, 9.17) is 23.7 Å². The van der Waals surface area contributed by atoms with Crippen molar-refractivity contribution in [3.8, 4) is 17.2 Å². The van der Waals surface area contributed by atoms with Crippen LogP contribution in [0.3, 0.4) is 0 Å². The van der Waals surface area contributed by atoms with Gasteiger partial charge in [-0.05, 0) is 88.6 Å². The number of epoxide rings is 2. The lowest BCUT2D eigenvalue weighted by atomic mass is 10.0. The molecule has 8 nitrogen and oxygen atoms in total. The van der Waals surface area contributed by atoms with E-state index in [1.165, 1.54) is 19.3 Å². The van der Waals surface area contributed by atoms with Crippen molar-refractivity contribution in [3.63, 3.8) is 0 Å². The molecule has 0 bridgehead atoms. The molecule has 0 N–H and O–H groups in total. The molecule has 2 aliphatic rings. The van der Waals surface area contributed by atoms with E-state index in [0.29, 0.717) is 42.3 Å². The lowest BCUT2D eigenvalue weighted by molar-refractivity contribution is 0.0735. The molecule has 1 amide bonds. The third kappa shape index (κ3) is 8.80. The van der Waals surface area contributed by atoms with E-state index in [0.717, 1.165) is 65.5 Å². The molecule has 2 unspecified atom stereocenters. The SMILES string of the molecule is CCCCCCCCN(C(=O)c1ccc2cc(OCC3CO3)ccc2c1)c1cccc(OC(=O)c2ccc3cc(OCC4CO4)ccc3c2)c1. The highest BCUT2D eigenvalue weighted by molar-refractivity contribution is 6.08. The summed E-state index contributed by atoms with van der Waals surface area (Å²) in [5.41, 5.74) is 1.72. The van der Waals surface area contributed by atoms with Crippen LogP contribution >= 0.6 is 0 Å². The summed E-state index contributed by atoms with van der Waals surface area (Å²) in [5, 5.41) is 3.83. The Balaban J connectivity index is 1.06. The van der Waals surface area contributed by atoms with Gasteiger partial charge in [0.15, 0.2) is 0 Å². The van der Waals surface area contributed by atoms with Crippen LogP contribution in [0.15, 0.2) is 97.1 Å². The van der Waals surface area contributed by atoms with Crippen LogP contribution in [0.25, 0.3) is 21.5 Å². The summed E-state index contributed by atoms with van der Waals surface area (Å²) in [6.07, 6.45) is 7.01. The van der Waals surface area contributed by atoms with Gasteiger partial charge in [0.1, 0.15) is 42.7 Å². The van der Waals surface area contributed by atoms with Crippen LogP contribution in [0, 0.1) is 0 Å². The van der Waals surface area contributed by atoms with Crippen LogP contribution in [0.2, 0.25) is 0 Å². The molecule has 50 heavy (non-hydrogen) atoms. The number of unbranched alkanes of at least 4 members (excludes halogenated alkanes) is 5. The molecule has 5 aromatic rings. The van der Waals surface area contributed by atoms with Gasteiger partial charge < -0.3 is 28.6 Å². The average Bonchev–Trinajstić information content (AvgIpc) is 4.08. The first kappa shape index (κ1) is 33.6. The van der Waals surface area contributed by atoms with Crippen molar-refractivity contribution in [2.45, 2.75) is 57.7 Å². The first-order valence-corrected chi connectivity index (χ1v) is 17.7. The molecule has 0 aromatic heterocycles. The molecule has 7 rings (SSSR count). The minimum Gasteiger partial charge on any atom is -0.491 e. The summed E-state index contributed by atoms with van der Waals surface area (Å²) in [4.78, 5) is 29.3. The summed E-state index contributed by atoms with van der Waals surface area (Å²) in [5.74, 6) is 1.36. The maximum atomic E-state index is 14.2. The lowest BCUT2D eigenvalue weighted by Gasteiger charge is -2.24. The number of amides is 1. The highest BCUT2D eigenvalue weighted by Gasteiger charge is 2.24. The van der Waals surface area contributed by atoms with Crippen molar-refractivity contribution in [1.82, 2.24) is 0 Å². The highest BCUT2D eigenvalue weighted by atomic mass is 16.6. The Kier molecular flexibility index (Phi) is 10.6. The second-order valence-electron chi connectivity index (χ2n) is 13.1. The van der Waals surface area contributed by atoms with Gasteiger partial charge >= 0.3 is 5.97 Å². The third-order valence-electron chi connectivity index (χ3n) is 9.10. The number of ether oxygens (including phenoxy) is 5. The Bertz CT molecular complexity index is 1970. The van der Waals surface area contributed by atoms with Crippen LogP contribution < -0.4 is 19.1 Å². The van der Waals surface area contributed by atoms with Gasteiger partial charge in [0.05, 0.1) is 18.8 Å². The molecule has 2 aliphatic heterocycles. The number of rotatable bonds is 17. The van der Waals surface area contributed by atoms with E-state index < -0.39 is 5.97 Å². The van der Waals surface area contributed by atoms with Crippen LogP contribution in [0.5, 0.6) is 17.2 Å². The third-order valence-corrected chi connectivity index (χ3v) is 9.10. The predicted octanol–water partition coefficient (Wildman–Crippen LogP) is 8.77. The van der Waals surface area contributed by atoms with Gasteiger partial charge in [0.25, 0.3) is 5.91 Å². The fourth-order valence-electron chi connectivity index (χ4n) is 6.03. The molecule has 0 aliphatic carbocycles. The van der Waals surface area contributed by atoms with Gasteiger partial charge in [-0.1, -0.05) is 69.4 Å². The maximum Gasteiger partial charge on any atom is 0.343 e. The normalized spacial score (nSPS) is 16.3. The van der Waals surface area contributed by atoms with Crippen molar-refractivity contribution < 1.29 is 33.3 Å². The Morgan fingerprint density at radius 3 is 1.84 bits per heavy atom. The molecule has 5 aromatic carbocycles. The van der Waals surface area contributed by atoms with Gasteiger partial charge in [-0.2, -0.15) is 0 Å². The van der Waals surface area contributed by atoms with Crippen molar-refractivity contribution in [3.05, 3.63) is 108 Å². The van der Waals surface area contributed by atoms with Crippen molar-refractivity contribution in [2.75, 3.05) is 37.9 Å². The molecule has 2 saturated heterocycles. The molecular weight excluding hydrogens is 630 g/mol. The largest absolute Gasteiger partial charge is 0.491 e. The summed E-state index contributed by atoms with van der Waals surface area (Å²) in [6.45, 7) is 5.33. The fourth-order valence-corrected chi connectivity index (χ4v) is 6.03. The minimum atomic E-state index is -0.466. The summed E-state index contributed by atoms with van der Waals surface area (Å²) in [7, 11) is 0. The van der Waals surface area contributed by atoms with Crippen LogP contribution in [0.4, 0.5) is 5.69 Å². The number of carbonyl (C=O) groups is 2. The fraction of sp³-hybridized carbons (Fsp3) is 0.333. The standard InChI is InChI=1S/C42H43NO7/c1-2-3-4-5-6-7-19-43(41(44)33-13-11-31-22-36(17-15-29(31)20-33)46-25-39-27-48-39)35-9-8-10-38(24-35)50-42(45)34-14-12-32-23-37(18-16-30(32)21-34)47-26-40-28-49-40/h8-18,20-24,39-40H,2-7,19,25-28H2,1H3. The maximum absolute atomic E-state index is 14.2. The smallest absolute Gasteiger partial charge is 0.343 e. The topological polar surface area (TPSA) is 90.1 Å². The van der Waals surface area contributed by atoms with E-state index in [2.05, 4.69) is 6.92 Å². The zero-order valence-corrected chi connectivity index (χ0v) is 28.5. The van der Waals surface area contributed by atoms with Crippen molar-refractivity contribution in [1.29, 1.82) is 0 Å². The summed E-state index contributed by atoms with van der Waals surface area (Å²) >= 11 is 0. The van der Waals surface area contributed by atoms with E-state index in [-0.39, 0.29) is 18.1 Å². The van der Waals surface area contributed by atoms with E-state index in [1.807, 2.05) is 78.9 Å². The second kappa shape index (κ2) is 15.7. The van der Waals surface area contributed by atoms with Crippen molar-refractivity contribution in [2.24, 2.45) is 0 Å². The molecule has 2 fully saturated rings. The lowest BCUT2D eigenvalue weighted by Crippen LogP contribution is -2.32. The highest BCUT2D eigenvalue weighted by Crippen LogP contribution is 2.29. The Morgan fingerprint density at radius 2 is 1.20 bits per heavy atom. The van der Waals surface area contributed by atoms with Crippen LogP contribution in [0.1, 0.15) is 66.2 Å². The average molecular weight is 674 g/mol. The number of hydrogen-bond acceptors (Lipinski definition) is 7. The number of benzene rings is 5. The van der Waals surface area contributed by atoms with Crippen LogP contribution in [-0.2, 0) is 9.47 Å². The molecule has 0 radical (unpaired) electrons. The first-order chi connectivity index (χ1) is 24.5. The van der Waals surface area contributed by atoms with Gasteiger partial charge in [-0.3, -0.25) is 4.79 Å². The summed E-state index contributed by atoms with van der Waals surface area (Å²) < 4.78 is 28.0. The zero-order chi connectivity index (χ0) is 34.3. The molecule has 0 spiro atoms. The van der Waals surface area contributed by atoms with Gasteiger partial charge in [-0.15, -0.1) is 0 Å². The monoisotopic (exact) mass is 673 g/mol. The quantitative estimate of drug-likeness (QED) is 0.0422.